The molecule has 7 nitrogen and oxygen atoms in total. The van der Waals surface area contributed by atoms with Gasteiger partial charge >= 0.3 is 17.8 Å². The maximum absolute atomic E-state index is 15.1. The van der Waals surface area contributed by atoms with E-state index in [2.05, 4.69) is 0 Å². The lowest BCUT2D eigenvalue weighted by atomic mass is 9.94. The number of hydrogen-bond acceptors (Lipinski definition) is 5. The van der Waals surface area contributed by atoms with Gasteiger partial charge in [0.1, 0.15) is 5.39 Å². The molecule has 2 heterocycles. The summed E-state index contributed by atoms with van der Waals surface area (Å²) in [5, 5.41) is 9.98. The van der Waals surface area contributed by atoms with Crippen LogP contribution in [0.3, 0.4) is 0 Å². The number of alkyl halides is 5. The molecule has 0 bridgehead atoms. The molecule has 2 atom stereocenters. The van der Waals surface area contributed by atoms with Crippen molar-refractivity contribution in [1.29, 1.82) is 0 Å². The van der Waals surface area contributed by atoms with Crippen LogP contribution in [-0.2, 0) is 0 Å². The van der Waals surface area contributed by atoms with E-state index < -0.39 is 58.8 Å². The standard InChI is InChI=1S/C19H20F6N4O3/c1-7-12-10(16(31)27-17(32)29(12)9-2-3-9)14(30)11(20)13(7)28-5-4-8(6-28)15(26)18(21,22)19(23,24)25/h8-9,15,30H,2-6,26H2,1H3,(H,27,31,32). The van der Waals surface area contributed by atoms with Gasteiger partial charge in [-0.15, -0.1) is 0 Å². The maximum atomic E-state index is 15.1. The van der Waals surface area contributed by atoms with E-state index in [1.807, 2.05) is 4.98 Å². The van der Waals surface area contributed by atoms with Gasteiger partial charge in [0.2, 0.25) is 0 Å². The van der Waals surface area contributed by atoms with Crippen molar-refractivity contribution >= 4 is 16.6 Å². The van der Waals surface area contributed by atoms with E-state index in [9.17, 15) is 36.6 Å². The Balaban J connectivity index is 1.80. The van der Waals surface area contributed by atoms with Gasteiger partial charge in [0.05, 0.1) is 17.2 Å². The SMILES string of the molecule is Cc1c(N2CCC(C(N)C(F)(F)C(F)(F)F)C2)c(F)c(O)c2c(=O)[nH]c(=O)n(C3CC3)c12. The lowest BCUT2D eigenvalue weighted by Gasteiger charge is -2.30. The van der Waals surface area contributed by atoms with Gasteiger partial charge in [-0.2, -0.15) is 22.0 Å². The summed E-state index contributed by atoms with van der Waals surface area (Å²) in [5.74, 6) is -8.69. The number of phenols is 1. The molecule has 0 spiro atoms. The zero-order valence-corrected chi connectivity index (χ0v) is 16.8. The molecule has 1 aliphatic carbocycles. The quantitative estimate of drug-likeness (QED) is 0.601. The average molecular weight is 466 g/mol. The van der Waals surface area contributed by atoms with Crippen LogP contribution in [0.15, 0.2) is 9.59 Å². The van der Waals surface area contributed by atoms with Crippen molar-refractivity contribution in [2.45, 2.75) is 50.4 Å². The molecule has 13 heteroatoms. The molecule has 1 saturated heterocycles. The summed E-state index contributed by atoms with van der Waals surface area (Å²) >= 11 is 0. The van der Waals surface area contributed by atoms with Crippen molar-refractivity contribution in [1.82, 2.24) is 9.55 Å². The number of halogens is 6. The molecule has 2 aromatic rings. The van der Waals surface area contributed by atoms with E-state index in [1.54, 1.807) is 0 Å². The van der Waals surface area contributed by atoms with Gasteiger partial charge in [0, 0.05) is 24.7 Å². The monoisotopic (exact) mass is 466 g/mol. The molecule has 2 aliphatic rings. The summed E-state index contributed by atoms with van der Waals surface area (Å²) < 4.78 is 81.9. The number of H-pyrrole nitrogens is 1. The number of phenolic OH excluding ortho intramolecular Hbond substituents is 1. The Morgan fingerprint density at radius 2 is 1.78 bits per heavy atom. The second-order valence-corrected chi connectivity index (χ2v) is 8.36. The lowest BCUT2D eigenvalue weighted by Crippen LogP contribution is -2.55. The highest BCUT2D eigenvalue weighted by Crippen LogP contribution is 2.45. The predicted molar refractivity (Wildman–Crippen MR) is 103 cm³/mol. The van der Waals surface area contributed by atoms with Crippen LogP contribution in [0.5, 0.6) is 5.75 Å². The first-order valence-electron chi connectivity index (χ1n) is 9.92. The molecule has 1 aliphatic heterocycles. The van der Waals surface area contributed by atoms with Gasteiger partial charge in [0.15, 0.2) is 11.6 Å². The largest absolute Gasteiger partial charge is 0.504 e. The normalized spacial score (nSPS) is 20.9. The summed E-state index contributed by atoms with van der Waals surface area (Å²) in [6.07, 6.45) is -4.75. The smallest absolute Gasteiger partial charge is 0.454 e. The van der Waals surface area contributed by atoms with Crippen molar-refractivity contribution in [3.8, 4) is 5.75 Å². The van der Waals surface area contributed by atoms with Crippen LogP contribution in [-0.4, -0.2) is 45.9 Å². The number of anilines is 1. The first kappa shape index (κ1) is 22.5. The second kappa shape index (κ2) is 7.15. The number of aromatic amines is 1. The summed E-state index contributed by atoms with van der Waals surface area (Å²) in [6.45, 7) is 0.869. The van der Waals surface area contributed by atoms with Gasteiger partial charge in [-0.25, -0.2) is 9.18 Å². The number of benzene rings is 1. The zero-order valence-electron chi connectivity index (χ0n) is 16.8. The molecular weight excluding hydrogens is 446 g/mol. The number of aryl methyl sites for hydroxylation is 1. The average Bonchev–Trinajstić information content (AvgIpc) is 3.41. The number of rotatable bonds is 4. The van der Waals surface area contributed by atoms with Crippen LogP contribution in [0.4, 0.5) is 32.0 Å². The molecule has 4 N–H and O–H groups in total. The highest BCUT2D eigenvalue weighted by Gasteiger charge is 2.63. The van der Waals surface area contributed by atoms with Gasteiger partial charge in [0.25, 0.3) is 5.56 Å². The highest BCUT2D eigenvalue weighted by atomic mass is 19.4. The summed E-state index contributed by atoms with van der Waals surface area (Å²) in [7, 11) is 0. The number of nitrogens with zero attached hydrogens (tertiary/aromatic N) is 2. The summed E-state index contributed by atoms with van der Waals surface area (Å²) in [4.78, 5) is 27.9. The molecule has 1 saturated carbocycles. The van der Waals surface area contributed by atoms with Crippen molar-refractivity contribution in [3.05, 3.63) is 32.2 Å². The Bertz CT molecular complexity index is 1200. The topological polar surface area (TPSA) is 104 Å². The molecule has 2 fully saturated rings. The molecule has 0 radical (unpaired) electrons. The first-order valence-corrected chi connectivity index (χ1v) is 9.92. The van der Waals surface area contributed by atoms with E-state index in [1.165, 1.54) is 16.4 Å². The van der Waals surface area contributed by atoms with Crippen molar-refractivity contribution in [3.63, 3.8) is 0 Å². The number of hydrogen-bond donors (Lipinski definition) is 3. The molecule has 2 unspecified atom stereocenters. The minimum Gasteiger partial charge on any atom is -0.504 e. The number of nitrogens with one attached hydrogen (secondary N) is 1. The highest BCUT2D eigenvalue weighted by molar-refractivity contribution is 5.92. The fraction of sp³-hybridized carbons (Fsp3) is 0.579. The third-order valence-corrected chi connectivity index (χ3v) is 6.26. The van der Waals surface area contributed by atoms with Crippen molar-refractivity contribution in [2.24, 2.45) is 11.7 Å². The van der Waals surface area contributed by atoms with Crippen LogP contribution in [0.1, 0.15) is 30.9 Å². The van der Waals surface area contributed by atoms with Crippen LogP contribution in [0.2, 0.25) is 0 Å². The van der Waals surface area contributed by atoms with Gasteiger partial charge in [-0.3, -0.25) is 14.3 Å². The minimum atomic E-state index is -5.83. The van der Waals surface area contributed by atoms with Crippen LogP contribution in [0.25, 0.3) is 10.9 Å². The van der Waals surface area contributed by atoms with E-state index >= 15 is 4.39 Å². The molecule has 4 rings (SSSR count). The Morgan fingerprint density at radius 1 is 1.16 bits per heavy atom. The number of fused-ring (bicyclic) bond motifs is 1. The molecule has 1 aromatic carbocycles. The molecule has 32 heavy (non-hydrogen) atoms. The van der Waals surface area contributed by atoms with E-state index in [4.69, 9.17) is 5.73 Å². The van der Waals surface area contributed by atoms with Crippen molar-refractivity contribution in [2.75, 3.05) is 18.0 Å². The van der Waals surface area contributed by atoms with Gasteiger partial charge in [-0.1, -0.05) is 0 Å². The summed E-state index contributed by atoms with van der Waals surface area (Å²) in [6, 6.07) is -2.80. The lowest BCUT2D eigenvalue weighted by molar-refractivity contribution is -0.293. The molecule has 1 aromatic heterocycles. The first-order chi connectivity index (χ1) is 14.8. The van der Waals surface area contributed by atoms with Crippen molar-refractivity contribution < 1.29 is 31.4 Å². The van der Waals surface area contributed by atoms with E-state index in [0.717, 1.165) is 0 Å². The maximum Gasteiger partial charge on any atom is 0.454 e. The number of nitrogens with two attached hydrogens (primary N) is 1. The number of aromatic nitrogens is 2. The molecule has 176 valence electrons. The van der Waals surface area contributed by atoms with Crippen LogP contribution < -0.4 is 21.9 Å². The van der Waals surface area contributed by atoms with E-state index in [0.29, 0.717) is 12.8 Å². The Kier molecular flexibility index (Phi) is 5.03. The van der Waals surface area contributed by atoms with Crippen LogP contribution >= 0.6 is 0 Å². The minimum absolute atomic E-state index is 0.00326. The third kappa shape index (κ3) is 3.24. The second-order valence-electron chi connectivity index (χ2n) is 8.36. The Morgan fingerprint density at radius 3 is 2.34 bits per heavy atom. The molecule has 0 amide bonds. The fourth-order valence-electron chi connectivity index (χ4n) is 4.46. The number of aromatic hydroxyl groups is 1. The van der Waals surface area contributed by atoms with Gasteiger partial charge in [-0.05, 0) is 32.1 Å². The van der Waals surface area contributed by atoms with Gasteiger partial charge < -0.3 is 15.7 Å². The summed E-state index contributed by atoms with van der Waals surface area (Å²) in [5.41, 5.74) is 3.37. The molecular formula is C19H20F6N4O3. The Hall–Kier alpha value is -2.70. The van der Waals surface area contributed by atoms with E-state index in [-0.39, 0.29) is 35.8 Å². The fourth-order valence-corrected chi connectivity index (χ4v) is 4.46. The zero-order chi connectivity index (χ0) is 23.7. The van der Waals surface area contributed by atoms with Crippen LogP contribution in [0, 0.1) is 18.7 Å². The Labute approximate surface area is 176 Å². The predicted octanol–water partition coefficient (Wildman–Crippen LogP) is 2.53. The third-order valence-electron chi connectivity index (χ3n) is 6.26.